The van der Waals surface area contributed by atoms with Gasteiger partial charge in [-0.25, -0.2) is 0 Å². The number of rotatable bonds is 3. The largest absolute Gasteiger partial charge is 2.00 e. The first-order valence-electron chi connectivity index (χ1n) is 7.99. The molecule has 0 aliphatic carbocycles. The third kappa shape index (κ3) is 7.10. The van der Waals surface area contributed by atoms with Gasteiger partial charge in [-0.05, 0) is 47.4 Å². The van der Waals surface area contributed by atoms with Crippen LogP contribution in [0.5, 0.6) is 5.75 Å². The van der Waals surface area contributed by atoms with Crippen LogP contribution in [0.1, 0.15) is 52.2 Å². The van der Waals surface area contributed by atoms with Crippen molar-refractivity contribution in [3.63, 3.8) is 0 Å². The van der Waals surface area contributed by atoms with Crippen molar-refractivity contribution in [2.45, 2.75) is 53.4 Å². The van der Waals surface area contributed by atoms with Crippen molar-refractivity contribution in [1.82, 2.24) is 0 Å². The van der Waals surface area contributed by atoms with Crippen LogP contribution in [-0.4, -0.2) is 5.11 Å². The minimum atomic E-state index is 0. The maximum absolute atomic E-state index is 10.3. The van der Waals surface area contributed by atoms with Gasteiger partial charge < -0.3 is 20.0 Å². The summed E-state index contributed by atoms with van der Waals surface area (Å²) in [6.07, 6.45) is 1.10. The van der Waals surface area contributed by atoms with Gasteiger partial charge in [0.2, 0.25) is 0 Å². The summed E-state index contributed by atoms with van der Waals surface area (Å²) < 4.78 is 0. The molecule has 0 bridgehead atoms. The van der Waals surface area contributed by atoms with Gasteiger partial charge in [0.05, 0.1) is 0 Å². The van der Waals surface area contributed by atoms with Gasteiger partial charge in [-0.2, -0.15) is 0 Å². The molecular formula is C23H34OZr. The van der Waals surface area contributed by atoms with Crippen molar-refractivity contribution in [2.75, 3.05) is 0 Å². The van der Waals surface area contributed by atoms with Crippen LogP contribution in [0.3, 0.4) is 0 Å². The number of aryl methyl sites for hydroxylation is 1. The van der Waals surface area contributed by atoms with Crippen molar-refractivity contribution in [3.8, 4) is 16.9 Å². The van der Waals surface area contributed by atoms with Crippen LogP contribution in [0.4, 0.5) is 0 Å². The molecule has 0 aliphatic rings. The van der Waals surface area contributed by atoms with Gasteiger partial charge in [-0.1, -0.05) is 70.5 Å². The predicted molar refractivity (Wildman–Crippen MR) is 108 cm³/mol. The van der Waals surface area contributed by atoms with Crippen molar-refractivity contribution in [3.05, 3.63) is 68.4 Å². The summed E-state index contributed by atoms with van der Waals surface area (Å²) in [7, 11) is 0. The minimum Gasteiger partial charge on any atom is -0.507 e. The first-order chi connectivity index (χ1) is 10.1. The Balaban J connectivity index is 0. The smallest absolute Gasteiger partial charge is 0.507 e. The average Bonchev–Trinajstić information content (AvgIpc) is 2.36. The molecule has 1 nitrogen and oxygen atoms in total. The molecule has 2 rings (SSSR count). The number of aromatic hydroxyl groups is 1. The normalized spacial score (nSPS) is 11.0. The summed E-state index contributed by atoms with van der Waals surface area (Å²) in [5.41, 5.74) is 4.82. The number of phenolic OH excluding ortho intramolecular Hbond substituents is 1. The SMILES string of the molecule is Cc1cccc(-c2cc(C(C)(C)CC(C)(C)C)ccc2O)c1.[CH3-].[CH3-].[Zr+2]. The van der Waals surface area contributed by atoms with Gasteiger partial charge in [0.15, 0.2) is 0 Å². The summed E-state index contributed by atoms with van der Waals surface area (Å²) >= 11 is 0. The monoisotopic (exact) mass is 416 g/mol. The molecule has 0 atom stereocenters. The Morgan fingerprint density at radius 1 is 0.880 bits per heavy atom. The van der Waals surface area contributed by atoms with Crippen LogP contribution in [0.25, 0.3) is 11.1 Å². The predicted octanol–water partition coefficient (Wildman–Crippen LogP) is 6.98. The second-order valence-corrected chi connectivity index (χ2v) is 8.22. The summed E-state index contributed by atoms with van der Waals surface area (Å²) in [5.74, 6) is 0.348. The number of phenols is 1. The van der Waals surface area contributed by atoms with E-state index in [2.05, 4.69) is 71.9 Å². The summed E-state index contributed by atoms with van der Waals surface area (Å²) in [5, 5.41) is 10.3. The van der Waals surface area contributed by atoms with Crippen LogP contribution in [0, 0.1) is 27.2 Å². The number of hydrogen-bond donors (Lipinski definition) is 1. The van der Waals surface area contributed by atoms with E-state index in [0.29, 0.717) is 5.75 Å². The molecule has 0 amide bonds. The van der Waals surface area contributed by atoms with E-state index in [9.17, 15) is 5.11 Å². The molecule has 2 aromatic carbocycles. The Morgan fingerprint density at radius 2 is 1.48 bits per heavy atom. The van der Waals surface area contributed by atoms with Crippen molar-refractivity contribution in [2.24, 2.45) is 5.41 Å². The van der Waals surface area contributed by atoms with Gasteiger partial charge in [-0.15, -0.1) is 0 Å². The topological polar surface area (TPSA) is 20.2 Å². The Morgan fingerprint density at radius 3 is 2.00 bits per heavy atom. The molecule has 0 spiro atoms. The number of benzene rings is 2. The fraction of sp³-hybridized carbons (Fsp3) is 0.391. The molecule has 2 aromatic rings. The van der Waals surface area contributed by atoms with E-state index in [4.69, 9.17) is 0 Å². The standard InChI is InChI=1S/C21H28O.2CH3.Zr/c1-15-8-7-9-16(12-15)18-13-17(10-11-19(18)22)21(5,6)14-20(2,3)4;;;/h7-13,22H,14H2,1-6H3;2*1H3;/q;2*-1;+2. The summed E-state index contributed by atoms with van der Waals surface area (Å²) in [6, 6.07) is 14.3. The fourth-order valence-corrected chi connectivity index (χ4v) is 3.43. The molecule has 0 heterocycles. The Labute approximate surface area is 175 Å². The van der Waals surface area contributed by atoms with E-state index in [-0.39, 0.29) is 51.9 Å². The van der Waals surface area contributed by atoms with Gasteiger partial charge in [0.25, 0.3) is 0 Å². The van der Waals surface area contributed by atoms with Crippen molar-refractivity contribution in [1.29, 1.82) is 0 Å². The quantitative estimate of drug-likeness (QED) is 0.534. The van der Waals surface area contributed by atoms with E-state index in [1.807, 2.05) is 12.1 Å². The molecule has 0 aromatic heterocycles. The molecule has 25 heavy (non-hydrogen) atoms. The van der Waals surface area contributed by atoms with Gasteiger partial charge >= 0.3 is 26.2 Å². The first-order valence-corrected chi connectivity index (χ1v) is 7.99. The van der Waals surface area contributed by atoms with Crippen LogP contribution >= 0.6 is 0 Å². The molecule has 0 aliphatic heterocycles. The molecular weight excluding hydrogens is 383 g/mol. The third-order valence-corrected chi connectivity index (χ3v) is 4.08. The van der Waals surface area contributed by atoms with Crippen molar-refractivity contribution < 1.29 is 31.3 Å². The molecule has 2 heteroatoms. The zero-order valence-corrected chi connectivity index (χ0v) is 19.7. The molecule has 136 valence electrons. The van der Waals surface area contributed by atoms with Gasteiger partial charge in [0.1, 0.15) is 5.75 Å². The first kappa shape index (κ1) is 26.4. The molecule has 0 fully saturated rings. The maximum Gasteiger partial charge on any atom is 2.00 e. The maximum atomic E-state index is 10.3. The second kappa shape index (κ2) is 9.72. The van der Waals surface area contributed by atoms with E-state index in [1.165, 1.54) is 11.1 Å². The van der Waals surface area contributed by atoms with Crippen molar-refractivity contribution >= 4 is 0 Å². The summed E-state index contributed by atoms with van der Waals surface area (Å²) in [6.45, 7) is 13.5. The zero-order chi connectivity index (χ0) is 16.5. The Hall–Kier alpha value is -0.877. The van der Waals surface area contributed by atoms with Crippen LogP contribution in [0.15, 0.2) is 42.5 Å². The van der Waals surface area contributed by atoms with E-state index < -0.39 is 0 Å². The minimum absolute atomic E-state index is 0. The molecule has 0 saturated heterocycles. The Bertz CT molecular complexity index is 666. The van der Waals surface area contributed by atoms with Gasteiger partial charge in [-0.3, -0.25) is 0 Å². The van der Waals surface area contributed by atoms with E-state index in [1.54, 1.807) is 0 Å². The van der Waals surface area contributed by atoms with E-state index in [0.717, 1.165) is 17.5 Å². The molecule has 1 N–H and O–H groups in total. The fourth-order valence-electron chi connectivity index (χ4n) is 3.43. The Kier molecular flexibility index (Phi) is 10.2. The second-order valence-electron chi connectivity index (χ2n) is 8.22. The van der Waals surface area contributed by atoms with Crippen LogP contribution in [-0.2, 0) is 31.6 Å². The van der Waals surface area contributed by atoms with E-state index >= 15 is 0 Å². The molecule has 0 radical (unpaired) electrons. The zero-order valence-electron chi connectivity index (χ0n) is 17.2. The number of hydrogen-bond acceptors (Lipinski definition) is 1. The molecule has 0 unspecified atom stereocenters. The molecule has 0 saturated carbocycles. The van der Waals surface area contributed by atoms with Crippen LogP contribution < -0.4 is 0 Å². The van der Waals surface area contributed by atoms with Crippen LogP contribution in [0.2, 0.25) is 0 Å². The average molecular weight is 418 g/mol. The third-order valence-electron chi connectivity index (χ3n) is 4.08. The summed E-state index contributed by atoms with van der Waals surface area (Å²) in [4.78, 5) is 0. The van der Waals surface area contributed by atoms with Gasteiger partial charge in [0, 0.05) is 5.56 Å².